The van der Waals surface area contributed by atoms with E-state index in [1.807, 2.05) is 6.92 Å². The molecule has 0 aliphatic heterocycles. The third-order valence-corrected chi connectivity index (χ3v) is 2.42. The van der Waals surface area contributed by atoms with Crippen molar-refractivity contribution in [3.05, 3.63) is 29.3 Å². The van der Waals surface area contributed by atoms with E-state index in [9.17, 15) is 0 Å². The van der Waals surface area contributed by atoms with E-state index in [1.54, 1.807) is 0 Å². The lowest BCUT2D eigenvalue weighted by atomic mass is 10.0. The van der Waals surface area contributed by atoms with Crippen molar-refractivity contribution in [1.82, 2.24) is 0 Å². The van der Waals surface area contributed by atoms with Crippen molar-refractivity contribution >= 4 is 0 Å². The second-order valence-corrected chi connectivity index (χ2v) is 3.79. The number of rotatable bonds is 6. The first-order chi connectivity index (χ1) is 7.27. The third-order valence-electron chi connectivity index (χ3n) is 2.42. The largest absolute Gasteiger partial charge is 0.494 e. The molecule has 0 aromatic heterocycles. The van der Waals surface area contributed by atoms with Gasteiger partial charge < -0.3 is 10.5 Å². The lowest BCUT2D eigenvalue weighted by Crippen LogP contribution is -2.01. The van der Waals surface area contributed by atoms with Crippen LogP contribution in [-0.4, -0.2) is 13.2 Å². The van der Waals surface area contributed by atoms with E-state index in [0.29, 0.717) is 0 Å². The fourth-order valence-electron chi connectivity index (χ4n) is 1.66. The van der Waals surface area contributed by atoms with Gasteiger partial charge in [0.2, 0.25) is 0 Å². The molecule has 2 nitrogen and oxygen atoms in total. The van der Waals surface area contributed by atoms with Crippen molar-refractivity contribution in [2.45, 2.75) is 33.1 Å². The maximum absolute atomic E-state index is 5.59. The summed E-state index contributed by atoms with van der Waals surface area (Å²) in [5, 5.41) is 0. The van der Waals surface area contributed by atoms with Gasteiger partial charge in [0.05, 0.1) is 6.61 Å². The summed E-state index contributed by atoms with van der Waals surface area (Å²) in [7, 11) is 0. The van der Waals surface area contributed by atoms with Crippen molar-refractivity contribution in [3.63, 3.8) is 0 Å². The van der Waals surface area contributed by atoms with E-state index in [2.05, 4.69) is 25.1 Å². The molecule has 1 aromatic rings. The Kier molecular flexibility index (Phi) is 5.19. The first kappa shape index (κ1) is 12.1. The summed E-state index contributed by atoms with van der Waals surface area (Å²) in [6, 6.07) is 6.37. The Balaban J connectivity index is 2.68. The second kappa shape index (κ2) is 6.46. The predicted molar refractivity (Wildman–Crippen MR) is 64.3 cm³/mol. The molecule has 1 aromatic carbocycles. The molecule has 15 heavy (non-hydrogen) atoms. The van der Waals surface area contributed by atoms with E-state index < -0.39 is 0 Å². The summed E-state index contributed by atoms with van der Waals surface area (Å²) in [5.74, 6) is 1.03. The molecule has 0 saturated carbocycles. The molecule has 0 spiro atoms. The third kappa shape index (κ3) is 3.92. The Morgan fingerprint density at radius 3 is 2.73 bits per heavy atom. The van der Waals surface area contributed by atoms with E-state index in [1.165, 1.54) is 11.1 Å². The SMILES string of the molecule is CCOc1ccc(C)cc1CCCCN. The van der Waals surface area contributed by atoms with E-state index in [-0.39, 0.29) is 0 Å². The van der Waals surface area contributed by atoms with Gasteiger partial charge >= 0.3 is 0 Å². The van der Waals surface area contributed by atoms with Gasteiger partial charge in [-0.05, 0) is 51.3 Å². The molecule has 0 radical (unpaired) electrons. The van der Waals surface area contributed by atoms with Gasteiger partial charge in [-0.15, -0.1) is 0 Å². The first-order valence-electron chi connectivity index (χ1n) is 5.70. The maximum atomic E-state index is 5.59. The van der Waals surface area contributed by atoms with Crippen LogP contribution in [0.1, 0.15) is 30.9 Å². The number of aryl methyl sites for hydroxylation is 2. The van der Waals surface area contributed by atoms with Crippen molar-refractivity contribution < 1.29 is 4.74 Å². The molecule has 0 aliphatic rings. The molecular formula is C13H21NO. The highest BCUT2D eigenvalue weighted by atomic mass is 16.5. The summed E-state index contributed by atoms with van der Waals surface area (Å²) in [5.41, 5.74) is 8.09. The van der Waals surface area contributed by atoms with Crippen molar-refractivity contribution in [2.75, 3.05) is 13.2 Å². The Morgan fingerprint density at radius 1 is 1.27 bits per heavy atom. The Labute approximate surface area is 92.4 Å². The molecule has 0 amide bonds. The Bertz CT molecular complexity index is 297. The topological polar surface area (TPSA) is 35.2 Å². The van der Waals surface area contributed by atoms with Gasteiger partial charge in [0.1, 0.15) is 5.75 Å². The van der Waals surface area contributed by atoms with Crippen LogP contribution in [-0.2, 0) is 6.42 Å². The van der Waals surface area contributed by atoms with Crippen LogP contribution in [0.4, 0.5) is 0 Å². The zero-order valence-electron chi connectivity index (χ0n) is 9.75. The second-order valence-electron chi connectivity index (χ2n) is 3.79. The highest BCUT2D eigenvalue weighted by molar-refractivity contribution is 5.36. The molecule has 0 aliphatic carbocycles. The molecule has 0 heterocycles. The molecular weight excluding hydrogens is 186 g/mol. The van der Waals surface area contributed by atoms with Gasteiger partial charge in [0.15, 0.2) is 0 Å². The number of nitrogens with two attached hydrogens (primary N) is 1. The van der Waals surface area contributed by atoms with Gasteiger partial charge in [0, 0.05) is 0 Å². The monoisotopic (exact) mass is 207 g/mol. The molecule has 2 N–H and O–H groups in total. The molecule has 0 atom stereocenters. The summed E-state index contributed by atoms with van der Waals surface area (Å²) < 4.78 is 5.59. The minimum absolute atomic E-state index is 0.729. The molecule has 0 unspecified atom stereocenters. The molecule has 1 rings (SSSR count). The summed E-state index contributed by atoms with van der Waals surface area (Å²) >= 11 is 0. The fraction of sp³-hybridized carbons (Fsp3) is 0.538. The van der Waals surface area contributed by atoms with Gasteiger partial charge in [-0.1, -0.05) is 17.7 Å². The fourth-order valence-corrected chi connectivity index (χ4v) is 1.66. The van der Waals surface area contributed by atoms with Crippen LogP contribution in [0.3, 0.4) is 0 Å². The van der Waals surface area contributed by atoms with Gasteiger partial charge in [0.25, 0.3) is 0 Å². The minimum Gasteiger partial charge on any atom is -0.494 e. The van der Waals surface area contributed by atoms with Gasteiger partial charge in [-0.2, -0.15) is 0 Å². The lowest BCUT2D eigenvalue weighted by molar-refractivity contribution is 0.336. The van der Waals surface area contributed by atoms with E-state index in [0.717, 1.165) is 38.2 Å². The van der Waals surface area contributed by atoms with E-state index >= 15 is 0 Å². The zero-order valence-corrected chi connectivity index (χ0v) is 9.75. The minimum atomic E-state index is 0.729. The highest BCUT2D eigenvalue weighted by Gasteiger charge is 2.03. The van der Waals surface area contributed by atoms with Crippen LogP contribution in [0.25, 0.3) is 0 Å². The van der Waals surface area contributed by atoms with Gasteiger partial charge in [-0.25, -0.2) is 0 Å². The summed E-state index contributed by atoms with van der Waals surface area (Å²) in [6.07, 6.45) is 3.29. The van der Waals surface area contributed by atoms with Crippen LogP contribution in [0.5, 0.6) is 5.75 Å². The lowest BCUT2D eigenvalue weighted by Gasteiger charge is -2.10. The average Bonchev–Trinajstić information content (AvgIpc) is 2.22. The quantitative estimate of drug-likeness (QED) is 0.728. The first-order valence-corrected chi connectivity index (χ1v) is 5.70. The summed E-state index contributed by atoms with van der Waals surface area (Å²) in [4.78, 5) is 0. The number of hydrogen-bond donors (Lipinski definition) is 1. The van der Waals surface area contributed by atoms with Crippen molar-refractivity contribution in [2.24, 2.45) is 5.73 Å². The molecule has 2 heteroatoms. The molecule has 84 valence electrons. The Hall–Kier alpha value is -1.02. The van der Waals surface area contributed by atoms with E-state index in [4.69, 9.17) is 10.5 Å². The smallest absolute Gasteiger partial charge is 0.122 e. The number of unbranched alkanes of at least 4 members (excludes halogenated alkanes) is 1. The summed E-state index contributed by atoms with van der Waals surface area (Å²) in [6.45, 7) is 5.63. The van der Waals surface area contributed by atoms with Crippen LogP contribution >= 0.6 is 0 Å². The zero-order chi connectivity index (χ0) is 11.1. The van der Waals surface area contributed by atoms with Crippen LogP contribution in [0, 0.1) is 6.92 Å². The Morgan fingerprint density at radius 2 is 2.07 bits per heavy atom. The van der Waals surface area contributed by atoms with Crippen LogP contribution < -0.4 is 10.5 Å². The normalized spacial score (nSPS) is 10.3. The number of benzene rings is 1. The average molecular weight is 207 g/mol. The van der Waals surface area contributed by atoms with Crippen LogP contribution in [0.2, 0.25) is 0 Å². The predicted octanol–water partition coefficient (Wildman–Crippen LogP) is 2.68. The molecule has 0 fully saturated rings. The number of ether oxygens (including phenoxy) is 1. The van der Waals surface area contributed by atoms with Crippen molar-refractivity contribution in [3.8, 4) is 5.75 Å². The highest BCUT2D eigenvalue weighted by Crippen LogP contribution is 2.21. The standard InChI is InChI=1S/C13H21NO/c1-3-15-13-8-7-11(2)10-12(13)6-4-5-9-14/h7-8,10H,3-6,9,14H2,1-2H3. The molecule has 0 saturated heterocycles. The molecule has 0 bridgehead atoms. The van der Waals surface area contributed by atoms with Crippen molar-refractivity contribution in [1.29, 1.82) is 0 Å². The maximum Gasteiger partial charge on any atom is 0.122 e. The van der Waals surface area contributed by atoms with Crippen LogP contribution in [0.15, 0.2) is 18.2 Å². The number of hydrogen-bond acceptors (Lipinski definition) is 2. The van der Waals surface area contributed by atoms with Gasteiger partial charge in [-0.3, -0.25) is 0 Å².